The van der Waals surface area contributed by atoms with Gasteiger partial charge in [0.2, 0.25) is 0 Å². The summed E-state index contributed by atoms with van der Waals surface area (Å²) < 4.78 is 1.84. The van der Waals surface area contributed by atoms with E-state index in [-0.39, 0.29) is 12.1 Å². The fourth-order valence-corrected chi connectivity index (χ4v) is 2.80. The van der Waals surface area contributed by atoms with E-state index in [1.165, 1.54) is 0 Å². The first-order chi connectivity index (χ1) is 10.0. The minimum Gasteiger partial charge on any atom is -0.350 e. The van der Waals surface area contributed by atoms with Crippen LogP contribution in [0.4, 0.5) is 5.69 Å². The van der Waals surface area contributed by atoms with Crippen molar-refractivity contribution in [3.8, 4) is 6.07 Å². The van der Waals surface area contributed by atoms with Gasteiger partial charge in [-0.25, -0.2) is 0 Å². The molecule has 0 fully saturated rings. The molecular weight excluding hydrogens is 264 g/mol. The van der Waals surface area contributed by atoms with Crippen LogP contribution in [0.2, 0.25) is 0 Å². The zero-order valence-corrected chi connectivity index (χ0v) is 12.2. The summed E-state index contributed by atoms with van der Waals surface area (Å²) >= 11 is 0. The van der Waals surface area contributed by atoms with Gasteiger partial charge in [-0.1, -0.05) is 12.1 Å². The summed E-state index contributed by atoms with van der Waals surface area (Å²) in [5, 5.41) is 12.2. The van der Waals surface area contributed by atoms with E-state index in [1.807, 2.05) is 60.8 Å². The van der Waals surface area contributed by atoms with Crippen molar-refractivity contribution in [3.05, 3.63) is 52.8 Å². The van der Waals surface area contributed by atoms with Crippen LogP contribution in [0.1, 0.15) is 33.5 Å². The van der Waals surface area contributed by atoms with Crippen molar-refractivity contribution >= 4 is 11.6 Å². The Morgan fingerprint density at radius 2 is 2.00 bits per heavy atom. The molecule has 1 aromatic heterocycles. The van der Waals surface area contributed by atoms with E-state index in [0.717, 1.165) is 16.9 Å². The van der Waals surface area contributed by atoms with Gasteiger partial charge in [-0.3, -0.25) is 4.79 Å². The van der Waals surface area contributed by atoms with Gasteiger partial charge < -0.3 is 14.8 Å². The topological polar surface area (TPSA) is 61.1 Å². The number of para-hydroxylation sites is 1. The zero-order valence-electron chi connectivity index (χ0n) is 12.2. The molecule has 106 valence electrons. The highest BCUT2D eigenvalue weighted by atomic mass is 16.2. The van der Waals surface area contributed by atoms with Gasteiger partial charge in [-0.2, -0.15) is 5.26 Å². The summed E-state index contributed by atoms with van der Waals surface area (Å²) in [6.07, 6.45) is -0.263. The van der Waals surface area contributed by atoms with Crippen LogP contribution in [0, 0.1) is 18.3 Å². The molecule has 1 unspecified atom stereocenters. The molecule has 0 saturated carbocycles. The molecule has 21 heavy (non-hydrogen) atoms. The second-order valence-electron chi connectivity index (χ2n) is 5.25. The maximum atomic E-state index is 12.3. The second kappa shape index (κ2) is 4.67. The minimum absolute atomic E-state index is 0.0875. The maximum absolute atomic E-state index is 12.3. The van der Waals surface area contributed by atoms with E-state index in [1.54, 1.807) is 0 Å². The van der Waals surface area contributed by atoms with Gasteiger partial charge in [0, 0.05) is 25.4 Å². The number of amides is 1. The fraction of sp³-hybridized carbons (Fsp3) is 0.250. The highest BCUT2D eigenvalue weighted by Gasteiger charge is 2.31. The van der Waals surface area contributed by atoms with Crippen molar-refractivity contribution in [2.24, 2.45) is 7.05 Å². The molecule has 1 aliphatic rings. The zero-order chi connectivity index (χ0) is 15.1. The van der Waals surface area contributed by atoms with Gasteiger partial charge in [0.1, 0.15) is 17.9 Å². The lowest BCUT2D eigenvalue weighted by Crippen LogP contribution is -2.44. The summed E-state index contributed by atoms with van der Waals surface area (Å²) in [6, 6.07) is 11.5. The van der Waals surface area contributed by atoms with Crippen LogP contribution in [-0.2, 0) is 7.05 Å². The van der Waals surface area contributed by atoms with Crippen LogP contribution in [0.25, 0.3) is 0 Å². The molecule has 1 atom stereocenters. The maximum Gasteiger partial charge on any atom is 0.255 e. The van der Waals surface area contributed by atoms with Gasteiger partial charge in [-0.05, 0) is 25.1 Å². The number of rotatable bonds is 1. The van der Waals surface area contributed by atoms with Crippen LogP contribution in [0.15, 0.2) is 30.3 Å². The molecule has 1 N–H and O–H groups in total. The first kappa shape index (κ1) is 13.3. The van der Waals surface area contributed by atoms with Gasteiger partial charge >= 0.3 is 0 Å². The monoisotopic (exact) mass is 280 g/mol. The molecule has 1 aromatic carbocycles. The summed E-state index contributed by atoms with van der Waals surface area (Å²) in [4.78, 5) is 14.3. The van der Waals surface area contributed by atoms with Crippen LogP contribution < -0.4 is 10.2 Å². The molecule has 5 heteroatoms. The highest BCUT2D eigenvalue weighted by Crippen LogP contribution is 2.33. The van der Waals surface area contributed by atoms with E-state index in [9.17, 15) is 4.79 Å². The second-order valence-corrected chi connectivity index (χ2v) is 5.25. The van der Waals surface area contributed by atoms with E-state index >= 15 is 0 Å². The summed E-state index contributed by atoms with van der Waals surface area (Å²) in [5.41, 5.74) is 4.07. The Bertz CT molecular complexity index is 769. The summed E-state index contributed by atoms with van der Waals surface area (Å²) in [7, 11) is 3.80. The molecule has 0 saturated heterocycles. The normalized spacial score (nSPS) is 17.1. The lowest BCUT2D eigenvalue weighted by molar-refractivity contribution is 0.0928. The quantitative estimate of drug-likeness (QED) is 0.870. The van der Waals surface area contributed by atoms with Crippen LogP contribution >= 0.6 is 0 Å². The Morgan fingerprint density at radius 3 is 2.67 bits per heavy atom. The molecule has 0 radical (unpaired) electrons. The molecule has 2 aromatic rings. The molecular formula is C16H16N4O. The van der Waals surface area contributed by atoms with E-state index in [2.05, 4.69) is 11.4 Å². The largest absolute Gasteiger partial charge is 0.350 e. The molecule has 1 amide bonds. The van der Waals surface area contributed by atoms with Gasteiger partial charge in [-0.15, -0.1) is 0 Å². The van der Waals surface area contributed by atoms with Crippen LogP contribution in [0.3, 0.4) is 0 Å². The minimum atomic E-state index is -0.263. The number of carbonyl (C=O) groups excluding carboxylic acids is 1. The van der Waals surface area contributed by atoms with E-state index in [0.29, 0.717) is 11.3 Å². The Hall–Kier alpha value is -2.74. The van der Waals surface area contributed by atoms with Gasteiger partial charge in [0.25, 0.3) is 5.91 Å². The molecule has 0 spiro atoms. The Kier molecular flexibility index (Phi) is 2.95. The standard InChI is InChI=1S/C16H16N4O/c1-10-13(8-11(9-17)19(10)2)15-18-16(21)12-6-4-5-7-14(12)20(15)3/h4-8,15H,1-3H3,(H,18,21). The Balaban J connectivity index is 2.10. The highest BCUT2D eigenvalue weighted by molar-refractivity contribution is 6.02. The first-order valence-corrected chi connectivity index (χ1v) is 6.73. The van der Waals surface area contributed by atoms with Crippen molar-refractivity contribution in [1.29, 1.82) is 5.26 Å². The lowest BCUT2D eigenvalue weighted by Gasteiger charge is -2.36. The average molecular weight is 280 g/mol. The third kappa shape index (κ3) is 1.88. The number of anilines is 1. The average Bonchev–Trinajstić information content (AvgIpc) is 2.79. The third-order valence-electron chi connectivity index (χ3n) is 4.17. The van der Waals surface area contributed by atoms with Crippen molar-refractivity contribution in [2.45, 2.75) is 13.1 Å². The molecule has 1 aliphatic heterocycles. The SMILES string of the molecule is Cc1c(C2NC(=O)c3ccccc3N2C)cc(C#N)n1C. The fourth-order valence-electron chi connectivity index (χ4n) is 2.80. The number of nitriles is 1. The number of hydrogen-bond acceptors (Lipinski definition) is 3. The Labute approximate surface area is 123 Å². The van der Waals surface area contributed by atoms with Gasteiger partial charge in [0.15, 0.2) is 0 Å². The van der Waals surface area contributed by atoms with E-state index in [4.69, 9.17) is 5.26 Å². The molecule has 0 aliphatic carbocycles. The summed E-state index contributed by atoms with van der Waals surface area (Å²) in [5.74, 6) is -0.0875. The van der Waals surface area contributed by atoms with Crippen molar-refractivity contribution < 1.29 is 4.79 Å². The predicted molar refractivity (Wildman–Crippen MR) is 79.9 cm³/mol. The number of nitrogens with one attached hydrogen (secondary N) is 1. The van der Waals surface area contributed by atoms with Crippen molar-refractivity contribution in [3.63, 3.8) is 0 Å². The number of carbonyl (C=O) groups is 1. The van der Waals surface area contributed by atoms with Crippen molar-refractivity contribution in [1.82, 2.24) is 9.88 Å². The predicted octanol–water partition coefficient (Wildman–Crippen LogP) is 2.08. The molecule has 5 nitrogen and oxygen atoms in total. The number of nitrogens with zero attached hydrogens (tertiary/aromatic N) is 3. The molecule has 0 bridgehead atoms. The third-order valence-corrected chi connectivity index (χ3v) is 4.17. The summed E-state index contributed by atoms with van der Waals surface area (Å²) in [6.45, 7) is 1.96. The van der Waals surface area contributed by atoms with Gasteiger partial charge in [0.05, 0.1) is 11.3 Å². The number of benzene rings is 1. The number of hydrogen-bond donors (Lipinski definition) is 1. The molecule has 3 rings (SSSR count). The van der Waals surface area contributed by atoms with E-state index < -0.39 is 0 Å². The lowest BCUT2D eigenvalue weighted by atomic mass is 10.0. The first-order valence-electron chi connectivity index (χ1n) is 6.73. The smallest absolute Gasteiger partial charge is 0.255 e. The molecule has 2 heterocycles. The Morgan fingerprint density at radius 1 is 1.29 bits per heavy atom. The van der Waals surface area contributed by atoms with Crippen LogP contribution in [-0.4, -0.2) is 17.5 Å². The number of aromatic nitrogens is 1. The van der Waals surface area contributed by atoms with Crippen LogP contribution in [0.5, 0.6) is 0 Å². The van der Waals surface area contributed by atoms with Crippen molar-refractivity contribution in [2.75, 3.05) is 11.9 Å². The number of fused-ring (bicyclic) bond motifs is 1.